The van der Waals surface area contributed by atoms with E-state index in [1.165, 1.54) is 16.7 Å². The molecule has 0 fully saturated rings. The predicted octanol–water partition coefficient (Wildman–Crippen LogP) is 3.98. The molecule has 0 unspecified atom stereocenters. The number of rotatable bonds is 1. The van der Waals surface area contributed by atoms with Gasteiger partial charge in [-0.05, 0) is 41.1 Å². The van der Waals surface area contributed by atoms with Gasteiger partial charge >= 0.3 is 0 Å². The van der Waals surface area contributed by atoms with E-state index in [2.05, 4.69) is 51.2 Å². The molecule has 0 saturated heterocycles. The molecule has 0 heteroatoms. The predicted molar refractivity (Wildman–Crippen MR) is 60.8 cm³/mol. The Morgan fingerprint density at radius 3 is 2.50 bits per heavy atom. The van der Waals surface area contributed by atoms with Crippen LogP contribution in [0, 0.1) is 11.5 Å². The molecule has 0 aliphatic heterocycles. The summed E-state index contributed by atoms with van der Waals surface area (Å²) in [6.07, 6.45) is 14.4. The molecule has 0 N–H and O–H groups in total. The molecule has 0 saturated carbocycles. The maximum absolute atomic E-state index is 3.41. The minimum atomic E-state index is 0.257. The van der Waals surface area contributed by atoms with E-state index in [9.17, 15) is 0 Å². The van der Waals surface area contributed by atoms with Crippen molar-refractivity contribution >= 4 is 0 Å². The number of hydrogen-bond acceptors (Lipinski definition) is 0. The second-order valence-corrected chi connectivity index (χ2v) is 4.95. The standard InChI is InChI=1S/C14H17/c1-14(2,3)13-10-6-9-12(13)11-7-4-5-8-11/h4,6-7,10H,5,9H2,1-3H3. The monoisotopic (exact) mass is 185 g/mol. The molecular weight excluding hydrogens is 168 g/mol. The van der Waals surface area contributed by atoms with Crippen molar-refractivity contribution in [2.75, 3.05) is 0 Å². The van der Waals surface area contributed by atoms with Crippen LogP contribution in [0.25, 0.3) is 0 Å². The third-order valence-corrected chi connectivity index (χ3v) is 2.76. The second kappa shape index (κ2) is 3.27. The van der Waals surface area contributed by atoms with E-state index in [1.54, 1.807) is 0 Å². The largest absolute Gasteiger partial charge is 0.0798 e. The van der Waals surface area contributed by atoms with E-state index in [0.29, 0.717) is 0 Å². The lowest BCUT2D eigenvalue weighted by Crippen LogP contribution is -2.08. The van der Waals surface area contributed by atoms with E-state index in [-0.39, 0.29) is 5.41 Å². The normalized spacial score (nSPS) is 20.9. The van der Waals surface area contributed by atoms with Gasteiger partial charge in [0.25, 0.3) is 0 Å². The van der Waals surface area contributed by atoms with Gasteiger partial charge in [-0.1, -0.05) is 45.1 Å². The molecule has 2 aliphatic rings. The van der Waals surface area contributed by atoms with Gasteiger partial charge in [0.1, 0.15) is 0 Å². The molecule has 14 heavy (non-hydrogen) atoms. The van der Waals surface area contributed by atoms with Crippen molar-refractivity contribution in [3.8, 4) is 0 Å². The zero-order valence-electron chi connectivity index (χ0n) is 9.22. The molecule has 0 spiro atoms. The molecule has 0 aromatic carbocycles. The molecule has 0 heterocycles. The molecule has 0 nitrogen and oxygen atoms in total. The Labute approximate surface area is 86.7 Å². The summed E-state index contributed by atoms with van der Waals surface area (Å²) >= 11 is 0. The Balaban J connectivity index is 2.39. The van der Waals surface area contributed by atoms with Gasteiger partial charge in [-0.15, -0.1) is 0 Å². The molecule has 2 rings (SSSR count). The van der Waals surface area contributed by atoms with Gasteiger partial charge in [-0.3, -0.25) is 0 Å². The Bertz CT molecular complexity index is 354. The summed E-state index contributed by atoms with van der Waals surface area (Å²) in [4.78, 5) is 0. The SMILES string of the molecule is CC(C)(C)C1=C(C2=[C]CC=C2)CC=C1. The van der Waals surface area contributed by atoms with Gasteiger partial charge in [0.15, 0.2) is 0 Å². The minimum absolute atomic E-state index is 0.257. The van der Waals surface area contributed by atoms with Crippen molar-refractivity contribution in [3.63, 3.8) is 0 Å². The van der Waals surface area contributed by atoms with Crippen LogP contribution in [0.5, 0.6) is 0 Å². The van der Waals surface area contributed by atoms with Crippen molar-refractivity contribution in [3.05, 3.63) is 47.1 Å². The molecule has 0 amide bonds. The van der Waals surface area contributed by atoms with Crippen LogP contribution in [-0.4, -0.2) is 0 Å². The fourth-order valence-electron chi connectivity index (χ4n) is 2.07. The fourth-order valence-corrected chi connectivity index (χ4v) is 2.07. The van der Waals surface area contributed by atoms with Crippen molar-refractivity contribution in [1.82, 2.24) is 0 Å². The fraction of sp³-hybridized carbons (Fsp3) is 0.429. The van der Waals surface area contributed by atoms with Crippen molar-refractivity contribution in [2.45, 2.75) is 33.6 Å². The van der Waals surface area contributed by atoms with Crippen LogP contribution in [0.1, 0.15) is 33.6 Å². The van der Waals surface area contributed by atoms with Crippen LogP contribution in [0.15, 0.2) is 41.0 Å². The third kappa shape index (κ3) is 1.61. The van der Waals surface area contributed by atoms with Crippen molar-refractivity contribution < 1.29 is 0 Å². The maximum atomic E-state index is 3.41. The first kappa shape index (κ1) is 9.51. The second-order valence-electron chi connectivity index (χ2n) is 4.95. The highest BCUT2D eigenvalue weighted by Gasteiger charge is 2.23. The smallest absolute Gasteiger partial charge is 0.00850 e. The Hall–Kier alpha value is -1.04. The summed E-state index contributed by atoms with van der Waals surface area (Å²) in [6, 6.07) is 0. The van der Waals surface area contributed by atoms with Gasteiger partial charge in [0.2, 0.25) is 0 Å². The Kier molecular flexibility index (Phi) is 2.22. The van der Waals surface area contributed by atoms with Crippen LogP contribution < -0.4 is 0 Å². The molecule has 2 aliphatic carbocycles. The van der Waals surface area contributed by atoms with Gasteiger partial charge in [0.05, 0.1) is 0 Å². The van der Waals surface area contributed by atoms with E-state index in [0.717, 1.165) is 12.8 Å². The molecule has 0 aromatic rings. The van der Waals surface area contributed by atoms with E-state index in [4.69, 9.17) is 0 Å². The molecule has 0 bridgehead atoms. The van der Waals surface area contributed by atoms with Crippen LogP contribution in [0.3, 0.4) is 0 Å². The molecule has 1 radical (unpaired) electrons. The highest BCUT2D eigenvalue weighted by Crippen LogP contribution is 2.38. The topological polar surface area (TPSA) is 0 Å². The van der Waals surface area contributed by atoms with Gasteiger partial charge in [-0.2, -0.15) is 0 Å². The average Bonchev–Trinajstić information content (AvgIpc) is 2.73. The summed E-state index contributed by atoms with van der Waals surface area (Å²) < 4.78 is 0. The number of hydrogen-bond donors (Lipinski definition) is 0. The average molecular weight is 185 g/mol. The highest BCUT2D eigenvalue weighted by atomic mass is 14.3. The summed E-state index contributed by atoms with van der Waals surface area (Å²) in [5.74, 6) is 0. The summed E-state index contributed by atoms with van der Waals surface area (Å²) in [5, 5.41) is 0. The van der Waals surface area contributed by atoms with Crippen LogP contribution in [-0.2, 0) is 0 Å². The number of allylic oxidation sites excluding steroid dienone is 8. The lowest BCUT2D eigenvalue weighted by Gasteiger charge is -2.21. The zero-order chi connectivity index (χ0) is 10.2. The lowest BCUT2D eigenvalue weighted by atomic mass is 9.83. The van der Waals surface area contributed by atoms with Gasteiger partial charge in [0, 0.05) is 0 Å². The molecule has 73 valence electrons. The van der Waals surface area contributed by atoms with E-state index < -0.39 is 0 Å². The minimum Gasteiger partial charge on any atom is -0.0798 e. The molecular formula is C14H17. The summed E-state index contributed by atoms with van der Waals surface area (Å²) in [5.41, 5.74) is 4.53. The first-order valence-corrected chi connectivity index (χ1v) is 5.27. The third-order valence-electron chi connectivity index (χ3n) is 2.76. The van der Waals surface area contributed by atoms with Crippen LogP contribution in [0.4, 0.5) is 0 Å². The lowest BCUT2D eigenvalue weighted by molar-refractivity contribution is 0.514. The van der Waals surface area contributed by atoms with E-state index in [1.807, 2.05) is 0 Å². The van der Waals surface area contributed by atoms with Crippen LogP contribution >= 0.6 is 0 Å². The molecule has 0 atom stereocenters. The molecule has 0 aromatic heterocycles. The zero-order valence-corrected chi connectivity index (χ0v) is 9.22. The van der Waals surface area contributed by atoms with E-state index >= 15 is 0 Å². The van der Waals surface area contributed by atoms with Crippen LogP contribution in [0.2, 0.25) is 0 Å². The van der Waals surface area contributed by atoms with Crippen molar-refractivity contribution in [2.24, 2.45) is 5.41 Å². The highest BCUT2D eigenvalue weighted by molar-refractivity contribution is 5.52. The summed E-state index contributed by atoms with van der Waals surface area (Å²) in [7, 11) is 0. The Morgan fingerprint density at radius 1 is 1.14 bits per heavy atom. The Morgan fingerprint density at radius 2 is 1.93 bits per heavy atom. The maximum Gasteiger partial charge on any atom is -0.00850 e. The first-order valence-electron chi connectivity index (χ1n) is 5.27. The van der Waals surface area contributed by atoms with Gasteiger partial charge < -0.3 is 0 Å². The van der Waals surface area contributed by atoms with Gasteiger partial charge in [-0.25, -0.2) is 0 Å². The quantitative estimate of drug-likeness (QED) is 0.579. The van der Waals surface area contributed by atoms with Crippen molar-refractivity contribution in [1.29, 1.82) is 0 Å². The first-order chi connectivity index (χ1) is 6.59. The summed E-state index contributed by atoms with van der Waals surface area (Å²) in [6.45, 7) is 6.83.